The molecule has 0 aliphatic rings. The minimum absolute atomic E-state index is 0.0206. The average Bonchev–Trinajstić information content (AvgIpc) is 2.09. The first-order valence-corrected chi connectivity index (χ1v) is 4.08. The van der Waals surface area contributed by atoms with E-state index in [1.54, 1.807) is 13.0 Å². The number of nitrogens with two attached hydrogens (primary N) is 1. The third-order valence-corrected chi connectivity index (χ3v) is 2.13. The molecule has 5 heteroatoms. The van der Waals surface area contributed by atoms with Crippen LogP contribution in [0.2, 0.25) is 5.02 Å². The fourth-order valence-corrected chi connectivity index (χ4v) is 1.18. The van der Waals surface area contributed by atoms with E-state index in [-0.39, 0.29) is 17.3 Å². The summed E-state index contributed by atoms with van der Waals surface area (Å²) in [6.07, 6.45) is -2.65. The van der Waals surface area contributed by atoms with Gasteiger partial charge in [0.1, 0.15) is 5.69 Å². The summed E-state index contributed by atoms with van der Waals surface area (Å²) in [6, 6.07) is 1.61. The third kappa shape index (κ3) is 2.14. The van der Waals surface area contributed by atoms with Crippen molar-refractivity contribution >= 4 is 11.6 Å². The monoisotopic (exact) mass is 206 g/mol. The predicted octanol–water partition coefficient (Wildman–Crippen LogP) is 2.44. The van der Waals surface area contributed by atoms with Gasteiger partial charge in [0.15, 0.2) is 0 Å². The number of aryl methyl sites for hydroxylation is 1. The Morgan fingerprint density at radius 1 is 1.62 bits per heavy atom. The number of hydrogen-bond donors (Lipinski definition) is 1. The van der Waals surface area contributed by atoms with Crippen molar-refractivity contribution in [2.24, 2.45) is 5.73 Å². The smallest absolute Gasteiger partial charge is 0.281 e. The van der Waals surface area contributed by atoms with Crippen molar-refractivity contribution in [1.29, 1.82) is 0 Å². The maximum Gasteiger partial charge on any atom is 0.281 e. The van der Waals surface area contributed by atoms with E-state index in [2.05, 4.69) is 4.98 Å². The number of alkyl halides is 2. The molecule has 1 heterocycles. The predicted molar refractivity (Wildman–Crippen MR) is 46.8 cm³/mol. The zero-order valence-electron chi connectivity index (χ0n) is 7.02. The second-order valence-electron chi connectivity index (χ2n) is 2.63. The summed E-state index contributed by atoms with van der Waals surface area (Å²) in [4.78, 5) is 3.64. The second-order valence-corrected chi connectivity index (χ2v) is 3.01. The van der Waals surface area contributed by atoms with Gasteiger partial charge in [-0.2, -0.15) is 0 Å². The standard InChI is InChI=1S/C8H9ClF2N2/c1-4-2-5(3-12)13-7(6(4)9)8(10)11/h2,8H,3,12H2,1H3. The first-order valence-electron chi connectivity index (χ1n) is 3.70. The zero-order valence-corrected chi connectivity index (χ0v) is 7.78. The molecule has 0 unspecified atom stereocenters. The Balaban J connectivity index is 3.25. The van der Waals surface area contributed by atoms with Gasteiger partial charge in [-0.05, 0) is 18.6 Å². The minimum atomic E-state index is -2.65. The number of aromatic nitrogens is 1. The van der Waals surface area contributed by atoms with Crippen molar-refractivity contribution < 1.29 is 8.78 Å². The summed E-state index contributed by atoms with van der Waals surface area (Å²) in [5, 5.41) is 0.0206. The normalized spacial score (nSPS) is 10.9. The molecule has 72 valence electrons. The van der Waals surface area contributed by atoms with Crippen LogP contribution in [0.25, 0.3) is 0 Å². The summed E-state index contributed by atoms with van der Waals surface area (Å²) in [5.74, 6) is 0. The molecule has 0 bridgehead atoms. The number of halogens is 3. The maximum atomic E-state index is 12.3. The van der Waals surface area contributed by atoms with E-state index in [4.69, 9.17) is 17.3 Å². The first kappa shape index (κ1) is 10.3. The largest absolute Gasteiger partial charge is 0.325 e. The van der Waals surface area contributed by atoms with Gasteiger partial charge in [0.25, 0.3) is 6.43 Å². The molecule has 0 aromatic carbocycles. The highest BCUT2D eigenvalue weighted by Crippen LogP contribution is 2.28. The summed E-state index contributed by atoms with van der Waals surface area (Å²) >= 11 is 5.63. The van der Waals surface area contributed by atoms with Crippen LogP contribution in [0.5, 0.6) is 0 Å². The van der Waals surface area contributed by atoms with Crippen LogP contribution < -0.4 is 5.73 Å². The van der Waals surface area contributed by atoms with Gasteiger partial charge >= 0.3 is 0 Å². The molecule has 0 atom stereocenters. The van der Waals surface area contributed by atoms with E-state index in [0.29, 0.717) is 11.3 Å². The summed E-state index contributed by atoms with van der Waals surface area (Å²) in [5.41, 5.74) is 5.90. The third-order valence-electron chi connectivity index (χ3n) is 1.63. The lowest BCUT2D eigenvalue weighted by Crippen LogP contribution is -2.04. The van der Waals surface area contributed by atoms with Crippen LogP contribution in [0.3, 0.4) is 0 Å². The fraction of sp³-hybridized carbons (Fsp3) is 0.375. The lowest BCUT2D eigenvalue weighted by atomic mass is 10.2. The van der Waals surface area contributed by atoms with E-state index >= 15 is 0 Å². The lowest BCUT2D eigenvalue weighted by molar-refractivity contribution is 0.146. The number of nitrogens with zero attached hydrogens (tertiary/aromatic N) is 1. The van der Waals surface area contributed by atoms with E-state index in [1.165, 1.54) is 0 Å². The van der Waals surface area contributed by atoms with Gasteiger partial charge in [-0.15, -0.1) is 0 Å². The van der Waals surface area contributed by atoms with Crippen molar-refractivity contribution in [2.45, 2.75) is 19.9 Å². The van der Waals surface area contributed by atoms with Crippen LogP contribution in [0.1, 0.15) is 23.4 Å². The Morgan fingerprint density at radius 3 is 2.69 bits per heavy atom. The molecule has 2 N–H and O–H groups in total. The summed E-state index contributed by atoms with van der Waals surface area (Å²) in [6.45, 7) is 1.78. The van der Waals surface area contributed by atoms with Crippen LogP contribution >= 0.6 is 11.6 Å². The van der Waals surface area contributed by atoms with E-state index in [1.807, 2.05) is 0 Å². The van der Waals surface area contributed by atoms with Gasteiger partial charge in [0, 0.05) is 6.54 Å². The molecule has 0 aliphatic heterocycles. The number of rotatable bonds is 2. The molecule has 1 aromatic heterocycles. The van der Waals surface area contributed by atoms with Crippen LogP contribution in [0, 0.1) is 6.92 Å². The Morgan fingerprint density at radius 2 is 2.23 bits per heavy atom. The highest BCUT2D eigenvalue weighted by Gasteiger charge is 2.16. The van der Waals surface area contributed by atoms with Gasteiger partial charge in [-0.3, -0.25) is 0 Å². The molecule has 0 saturated carbocycles. The average molecular weight is 207 g/mol. The lowest BCUT2D eigenvalue weighted by Gasteiger charge is -2.07. The quantitative estimate of drug-likeness (QED) is 0.807. The van der Waals surface area contributed by atoms with Crippen molar-refractivity contribution in [3.05, 3.63) is 28.0 Å². The maximum absolute atomic E-state index is 12.3. The summed E-state index contributed by atoms with van der Waals surface area (Å²) in [7, 11) is 0. The Kier molecular flexibility index (Phi) is 3.17. The number of hydrogen-bond acceptors (Lipinski definition) is 2. The second kappa shape index (κ2) is 3.98. The topological polar surface area (TPSA) is 38.9 Å². The summed E-state index contributed by atoms with van der Waals surface area (Å²) < 4.78 is 24.7. The molecular formula is C8H9ClF2N2. The first-order chi connectivity index (χ1) is 6.06. The Bertz CT molecular complexity index is 315. The molecular weight excluding hydrogens is 198 g/mol. The molecule has 0 spiro atoms. The van der Waals surface area contributed by atoms with Gasteiger partial charge in [0.2, 0.25) is 0 Å². The van der Waals surface area contributed by atoms with Crippen molar-refractivity contribution in [1.82, 2.24) is 4.98 Å². The van der Waals surface area contributed by atoms with E-state index < -0.39 is 6.43 Å². The molecule has 1 rings (SSSR count). The van der Waals surface area contributed by atoms with Crippen LogP contribution in [-0.4, -0.2) is 4.98 Å². The Hall–Kier alpha value is -0.740. The van der Waals surface area contributed by atoms with Gasteiger partial charge in [-0.25, -0.2) is 13.8 Å². The van der Waals surface area contributed by atoms with Crippen molar-refractivity contribution in [3.8, 4) is 0 Å². The molecule has 13 heavy (non-hydrogen) atoms. The number of pyridine rings is 1. The highest BCUT2D eigenvalue weighted by molar-refractivity contribution is 6.32. The van der Waals surface area contributed by atoms with E-state index in [9.17, 15) is 8.78 Å². The minimum Gasteiger partial charge on any atom is -0.325 e. The molecule has 1 aromatic rings. The van der Waals surface area contributed by atoms with Gasteiger partial charge in [-0.1, -0.05) is 11.6 Å². The Labute approximate surface area is 79.7 Å². The zero-order chi connectivity index (χ0) is 10.0. The van der Waals surface area contributed by atoms with E-state index in [0.717, 1.165) is 0 Å². The molecule has 0 amide bonds. The van der Waals surface area contributed by atoms with Crippen molar-refractivity contribution in [2.75, 3.05) is 0 Å². The highest BCUT2D eigenvalue weighted by atomic mass is 35.5. The van der Waals surface area contributed by atoms with Crippen LogP contribution in [0.4, 0.5) is 8.78 Å². The SMILES string of the molecule is Cc1cc(CN)nc(C(F)F)c1Cl. The van der Waals surface area contributed by atoms with Gasteiger partial charge < -0.3 is 5.73 Å². The van der Waals surface area contributed by atoms with Crippen LogP contribution in [-0.2, 0) is 6.54 Å². The van der Waals surface area contributed by atoms with Crippen molar-refractivity contribution in [3.63, 3.8) is 0 Å². The molecule has 0 radical (unpaired) electrons. The molecule has 2 nitrogen and oxygen atoms in total. The van der Waals surface area contributed by atoms with Gasteiger partial charge in [0.05, 0.1) is 10.7 Å². The molecule has 0 aliphatic carbocycles. The molecule has 0 fully saturated rings. The fourth-order valence-electron chi connectivity index (χ4n) is 1.00. The van der Waals surface area contributed by atoms with Crippen LogP contribution in [0.15, 0.2) is 6.07 Å². The molecule has 0 saturated heterocycles.